The smallest absolute Gasteiger partial charge is 0.108 e. The number of hydrogen-bond acceptors (Lipinski definition) is 2. The predicted molar refractivity (Wildman–Crippen MR) is 89.6 cm³/mol. The fourth-order valence-electron chi connectivity index (χ4n) is 2.23. The Hall–Kier alpha value is -0.720. The van der Waals surface area contributed by atoms with Crippen molar-refractivity contribution in [1.82, 2.24) is 14.3 Å². The largest absolute Gasteiger partial charge is 0.242 e. The molecule has 0 bridgehead atoms. The van der Waals surface area contributed by atoms with E-state index in [0.717, 1.165) is 21.7 Å². The first kappa shape index (κ1) is 15.2. The first-order valence-electron chi connectivity index (χ1n) is 7.18. The third-order valence-electron chi connectivity index (χ3n) is 3.58. The fourth-order valence-corrected chi connectivity index (χ4v) is 3.49. The Kier molecular flexibility index (Phi) is 3.96. The number of aromatic nitrogens is 2. The second-order valence-electron chi connectivity index (χ2n) is 6.56. The van der Waals surface area contributed by atoms with Crippen LogP contribution >= 0.6 is 15.9 Å². The van der Waals surface area contributed by atoms with E-state index in [1.54, 1.807) is 0 Å². The second-order valence-corrected chi connectivity index (χ2v) is 9.42. The third-order valence-corrected chi connectivity index (χ3v) is 5.66. The molecule has 0 spiro atoms. The predicted octanol–water partition coefficient (Wildman–Crippen LogP) is 3.53. The number of hydrogen-bond donors (Lipinski definition) is 1. The van der Waals surface area contributed by atoms with Gasteiger partial charge < -0.3 is 0 Å². The molecule has 0 saturated heterocycles. The maximum Gasteiger partial charge on any atom is 0.108 e. The summed E-state index contributed by atoms with van der Waals surface area (Å²) in [5.74, 6) is 0.719. The summed E-state index contributed by atoms with van der Waals surface area (Å²) in [7, 11) is -1.08. The lowest BCUT2D eigenvalue weighted by Crippen LogP contribution is -2.32. The van der Waals surface area contributed by atoms with Crippen LogP contribution in [0.2, 0.25) is 0 Å². The van der Waals surface area contributed by atoms with E-state index in [2.05, 4.69) is 43.9 Å². The summed E-state index contributed by atoms with van der Waals surface area (Å²) < 4.78 is 17.7. The van der Waals surface area contributed by atoms with Gasteiger partial charge in [-0.1, -0.05) is 0 Å². The highest BCUT2D eigenvalue weighted by atomic mass is 79.9. The molecule has 0 aliphatic heterocycles. The van der Waals surface area contributed by atoms with E-state index < -0.39 is 11.0 Å². The van der Waals surface area contributed by atoms with Crippen molar-refractivity contribution in [1.29, 1.82) is 0 Å². The van der Waals surface area contributed by atoms with Crippen molar-refractivity contribution in [2.24, 2.45) is 0 Å². The Morgan fingerprint density at radius 1 is 1.38 bits per heavy atom. The number of pyridine rings is 1. The van der Waals surface area contributed by atoms with E-state index in [0.29, 0.717) is 6.54 Å². The molecular formula is C15H20BrN3OS. The van der Waals surface area contributed by atoms with E-state index in [4.69, 9.17) is 0 Å². The summed E-state index contributed by atoms with van der Waals surface area (Å²) in [5, 5.41) is 4.56. The lowest BCUT2D eigenvalue weighted by atomic mass is 10.1. The Labute approximate surface area is 136 Å². The maximum atomic E-state index is 12.0. The fraction of sp³-hybridized carbons (Fsp3) is 0.533. The molecule has 2 heterocycles. The van der Waals surface area contributed by atoms with Gasteiger partial charge in [0.05, 0.1) is 33.5 Å². The maximum absolute atomic E-state index is 12.0. The van der Waals surface area contributed by atoms with Gasteiger partial charge in [-0.25, -0.2) is 13.4 Å². The topological polar surface area (TPSA) is 46.4 Å². The van der Waals surface area contributed by atoms with Crippen LogP contribution in [0, 0.1) is 0 Å². The minimum Gasteiger partial charge on any atom is -0.242 e. The van der Waals surface area contributed by atoms with E-state index in [-0.39, 0.29) is 4.75 Å². The number of halogens is 1. The van der Waals surface area contributed by atoms with Gasteiger partial charge in [0.2, 0.25) is 0 Å². The van der Waals surface area contributed by atoms with E-state index in [1.165, 1.54) is 18.4 Å². The van der Waals surface area contributed by atoms with Crippen LogP contribution in [-0.4, -0.2) is 18.6 Å². The van der Waals surface area contributed by atoms with Crippen molar-refractivity contribution in [3.63, 3.8) is 0 Å². The van der Waals surface area contributed by atoms with E-state index in [9.17, 15) is 4.21 Å². The van der Waals surface area contributed by atoms with Crippen LogP contribution in [0.5, 0.6) is 0 Å². The molecule has 1 N–H and O–H groups in total. The van der Waals surface area contributed by atoms with Crippen molar-refractivity contribution >= 4 is 32.4 Å². The highest BCUT2D eigenvalue weighted by molar-refractivity contribution is 9.10. The molecular weight excluding hydrogens is 350 g/mol. The zero-order valence-electron chi connectivity index (χ0n) is 12.5. The molecule has 114 valence electrons. The minimum absolute atomic E-state index is 0.265. The quantitative estimate of drug-likeness (QED) is 0.837. The Bertz CT molecular complexity index is 701. The lowest BCUT2D eigenvalue weighted by Gasteiger charge is -2.17. The molecule has 0 aromatic carbocycles. The monoisotopic (exact) mass is 369 g/mol. The van der Waals surface area contributed by atoms with Gasteiger partial charge in [-0.3, -0.25) is 0 Å². The van der Waals surface area contributed by atoms with E-state index >= 15 is 0 Å². The van der Waals surface area contributed by atoms with Gasteiger partial charge in [-0.15, -0.1) is 0 Å². The van der Waals surface area contributed by atoms with Gasteiger partial charge in [-0.2, -0.15) is 5.10 Å². The normalized spacial score (nSPS) is 17.3. The highest BCUT2D eigenvalue weighted by Gasteiger charge is 2.25. The summed E-state index contributed by atoms with van der Waals surface area (Å²) in [6.07, 6.45) is 2.57. The standard InChI is InChI=1S/C15H20BrN3OS/c1-15(2,3)21(20)17-9-12-8-13-6-11(10-4-5-10)7-14(16)19(13)18-12/h6-8,10,17H,4-5,9H2,1-3H3/t21-/m1/s1. The molecule has 4 nitrogen and oxygen atoms in total. The SMILES string of the molecule is CC(C)(C)[S@@](=O)NCc1cc2cc(C3CC3)cc(Br)n2n1. The summed E-state index contributed by atoms with van der Waals surface area (Å²) >= 11 is 3.59. The molecule has 0 unspecified atom stereocenters. The molecule has 1 aliphatic rings. The summed E-state index contributed by atoms with van der Waals surface area (Å²) in [6.45, 7) is 6.38. The molecule has 1 saturated carbocycles. The van der Waals surface area contributed by atoms with Crippen molar-refractivity contribution in [3.8, 4) is 0 Å². The Balaban J connectivity index is 1.81. The third kappa shape index (κ3) is 3.38. The van der Waals surface area contributed by atoms with Crippen LogP contribution in [0.15, 0.2) is 22.8 Å². The van der Waals surface area contributed by atoms with Gasteiger partial charge in [0.1, 0.15) is 4.60 Å². The molecule has 1 aliphatic carbocycles. The molecule has 2 aromatic heterocycles. The van der Waals surface area contributed by atoms with Crippen molar-refractivity contribution in [2.75, 3.05) is 0 Å². The average Bonchev–Trinajstić information content (AvgIpc) is 3.15. The molecule has 3 rings (SSSR count). The van der Waals surface area contributed by atoms with Crippen LogP contribution in [0.25, 0.3) is 5.52 Å². The van der Waals surface area contributed by atoms with Crippen molar-refractivity contribution in [3.05, 3.63) is 34.1 Å². The molecule has 0 amide bonds. The highest BCUT2D eigenvalue weighted by Crippen LogP contribution is 2.41. The Morgan fingerprint density at radius 3 is 2.71 bits per heavy atom. The van der Waals surface area contributed by atoms with Crippen LogP contribution in [0.4, 0.5) is 0 Å². The number of fused-ring (bicyclic) bond motifs is 1. The number of rotatable bonds is 4. The number of nitrogens with one attached hydrogen (secondary N) is 1. The molecule has 2 aromatic rings. The molecule has 1 atom stereocenters. The summed E-state index contributed by atoms with van der Waals surface area (Å²) in [4.78, 5) is 0. The van der Waals surface area contributed by atoms with E-state index in [1.807, 2.05) is 25.3 Å². The van der Waals surface area contributed by atoms with Gasteiger partial charge in [-0.05, 0) is 79.2 Å². The molecule has 1 fully saturated rings. The van der Waals surface area contributed by atoms with Crippen molar-refractivity contribution < 1.29 is 4.21 Å². The lowest BCUT2D eigenvalue weighted by molar-refractivity contribution is 0.633. The molecule has 6 heteroatoms. The van der Waals surface area contributed by atoms with Crippen LogP contribution in [-0.2, 0) is 17.5 Å². The van der Waals surface area contributed by atoms with Gasteiger partial charge in [0, 0.05) is 0 Å². The van der Waals surface area contributed by atoms with Crippen LogP contribution < -0.4 is 4.72 Å². The first-order chi connectivity index (χ1) is 9.84. The van der Waals surface area contributed by atoms with Crippen LogP contribution in [0.3, 0.4) is 0 Å². The zero-order valence-corrected chi connectivity index (χ0v) is 14.9. The van der Waals surface area contributed by atoms with Gasteiger partial charge in [0.15, 0.2) is 0 Å². The number of nitrogens with zero attached hydrogens (tertiary/aromatic N) is 2. The van der Waals surface area contributed by atoms with Crippen molar-refractivity contribution in [2.45, 2.75) is 50.8 Å². The minimum atomic E-state index is -1.08. The zero-order chi connectivity index (χ0) is 15.2. The molecule has 0 radical (unpaired) electrons. The van der Waals surface area contributed by atoms with Gasteiger partial charge >= 0.3 is 0 Å². The van der Waals surface area contributed by atoms with Gasteiger partial charge in [0.25, 0.3) is 0 Å². The summed E-state index contributed by atoms with van der Waals surface area (Å²) in [6, 6.07) is 6.42. The first-order valence-corrected chi connectivity index (χ1v) is 9.12. The van der Waals surface area contributed by atoms with Crippen LogP contribution in [0.1, 0.15) is 50.8 Å². The average molecular weight is 370 g/mol. The summed E-state index contributed by atoms with van der Waals surface area (Å²) in [5.41, 5.74) is 3.37. The molecule has 21 heavy (non-hydrogen) atoms. The second kappa shape index (κ2) is 5.48. The Morgan fingerprint density at radius 2 is 2.10 bits per heavy atom.